The van der Waals surface area contributed by atoms with Crippen molar-refractivity contribution in [2.45, 2.75) is 0 Å². The van der Waals surface area contributed by atoms with Gasteiger partial charge in [0.05, 0.1) is 66.9 Å². The molecule has 6 aromatic heterocycles. The Morgan fingerprint density at radius 3 is 1.02 bits per heavy atom. The minimum atomic E-state index is 0. The summed E-state index contributed by atoms with van der Waals surface area (Å²) in [5.74, 6) is 0. The van der Waals surface area contributed by atoms with Gasteiger partial charge in [-0.15, -0.1) is 0 Å². The van der Waals surface area contributed by atoms with Crippen LogP contribution in [-0.2, 0) is 20.4 Å². The van der Waals surface area contributed by atoms with Gasteiger partial charge in [0, 0.05) is 31.5 Å². The molecule has 2 aliphatic rings. The van der Waals surface area contributed by atoms with Crippen LogP contribution in [0.3, 0.4) is 0 Å². The predicted molar refractivity (Wildman–Crippen MR) is 187 cm³/mol. The summed E-state index contributed by atoms with van der Waals surface area (Å²) < 4.78 is 0. The second-order valence-corrected chi connectivity index (χ2v) is 11.9. The third kappa shape index (κ3) is 4.30. The van der Waals surface area contributed by atoms with Crippen molar-refractivity contribution < 1.29 is 20.4 Å². The van der Waals surface area contributed by atoms with Gasteiger partial charge in [0.25, 0.3) is 0 Å². The molecule has 8 heterocycles. The Kier molecular flexibility index (Phi) is 5.88. The minimum absolute atomic E-state index is 0. The molecule has 0 fully saturated rings. The molecule has 11 heteroatoms. The van der Waals surface area contributed by atoms with Gasteiger partial charge < -0.3 is 9.97 Å². The molecule has 8 bridgehead atoms. The monoisotopic (exact) mass is 722 g/mol. The quantitative estimate of drug-likeness (QED) is 0.151. The molecule has 3 aromatic carbocycles. The SMILES string of the molecule is [Pd].c1ccc2nc3c(nc2c1)-c1cc2ccc(cc4nc(cc5[nH]c(cc-3n1)c1nc3ccccc3nc51)-c1nc3ccccc3nc1-4)[nH]2. The Balaban J connectivity index is 0.00000306. The van der Waals surface area contributed by atoms with Crippen molar-refractivity contribution >= 4 is 66.2 Å². The first-order valence-corrected chi connectivity index (χ1v) is 15.5. The van der Waals surface area contributed by atoms with Crippen LogP contribution in [0.5, 0.6) is 0 Å². The smallest absolute Gasteiger partial charge is 0.117 e. The number of H-pyrrole nitrogens is 2. The Labute approximate surface area is 290 Å². The first-order chi connectivity index (χ1) is 23.7. The second kappa shape index (κ2) is 10.4. The van der Waals surface area contributed by atoms with E-state index in [9.17, 15) is 0 Å². The molecule has 0 atom stereocenters. The molecule has 2 N–H and O–H groups in total. The average Bonchev–Trinajstić information content (AvgIpc) is 3.87. The van der Waals surface area contributed by atoms with Crippen LogP contribution in [-0.4, -0.2) is 49.8 Å². The third-order valence-corrected chi connectivity index (χ3v) is 8.82. The van der Waals surface area contributed by atoms with Crippen molar-refractivity contribution in [3.05, 3.63) is 109 Å². The molecule has 49 heavy (non-hydrogen) atoms. The molecule has 0 radical (unpaired) electrons. The summed E-state index contributed by atoms with van der Waals surface area (Å²) in [6.45, 7) is 0. The number of benzene rings is 3. The molecule has 0 aliphatic carbocycles. The van der Waals surface area contributed by atoms with Crippen molar-refractivity contribution in [1.82, 2.24) is 49.8 Å². The zero-order valence-electron chi connectivity index (χ0n) is 25.3. The molecule has 0 spiro atoms. The largest absolute Gasteiger partial charge is 0.355 e. The number of hydrogen-bond acceptors (Lipinski definition) is 8. The summed E-state index contributed by atoms with van der Waals surface area (Å²) in [4.78, 5) is 47.5. The molecule has 2 aliphatic heterocycles. The summed E-state index contributed by atoms with van der Waals surface area (Å²) in [5, 5.41) is 0. The fourth-order valence-corrected chi connectivity index (χ4v) is 6.60. The standard InChI is InChI=1S/C38H20N10.Pd/c1-3-9-23-21(7-1)43-33-27-15-19-13-14-20(39-19)16-28-34-36(46-24-10-4-2-8-22(24)44-34)30(41-28)18-32-38-37(47-25-11-5-6-12-26(25)48-38)31(42-32)17-29(40-27)35(33)45-23;/h1-18,39,42H;. The first-order valence-electron chi connectivity index (χ1n) is 15.5. The topological polar surface area (TPSA) is 135 Å². The van der Waals surface area contributed by atoms with Gasteiger partial charge in [-0.3, -0.25) is 0 Å². The number of nitrogens with zero attached hydrogens (tertiary/aromatic N) is 8. The van der Waals surface area contributed by atoms with E-state index < -0.39 is 0 Å². The molecule has 0 saturated heterocycles. The van der Waals surface area contributed by atoms with E-state index in [2.05, 4.69) is 9.97 Å². The molecule has 0 amide bonds. The van der Waals surface area contributed by atoms with E-state index in [1.165, 1.54) is 0 Å². The third-order valence-electron chi connectivity index (χ3n) is 8.82. The maximum Gasteiger partial charge on any atom is 0.117 e. The molecule has 9 aromatic rings. The molecule has 0 unspecified atom stereocenters. The van der Waals surface area contributed by atoms with Gasteiger partial charge in [0.1, 0.15) is 33.8 Å². The Morgan fingerprint density at radius 1 is 0.327 bits per heavy atom. The molecule has 11 rings (SSSR count). The van der Waals surface area contributed by atoms with E-state index in [1.807, 2.05) is 109 Å². The van der Waals surface area contributed by atoms with E-state index in [1.54, 1.807) is 0 Å². The van der Waals surface area contributed by atoms with Crippen molar-refractivity contribution in [1.29, 1.82) is 0 Å². The van der Waals surface area contributed by atoms with Gasteiger partial charge in [-0.1, -0.05) is 36.4 Å². The molecule has 232 valence electrons. The maximum absolute atomic E-state index is 5.09. The zero-order valence-corrected chi connectivity index (χ0v) is 26.8. The van der Waals surface area contributed by atoms with E-state index in [-0.39, 0.29) is 20.4 Å². The Morgan fingerprint density at radius 2 is 0.653 bits per heavy atom. The summed E-state index contributed by atoms with van der Waals surface area (Å²) >= 11 is 0. The molecule has 0 saturated carbocycles. The molecule has 10 nitrogen and oxygen atoms in total. The minimum Gasteiger partial charge on any atom is -0.355 e. The van der Waals surface area contributed by atoms with Crippen LogP contribution in [0.4, 0.5) is 0 Å². The van der Waals surface area contributed by atoms with E-state index in [0.717, 1.165) is 66.6 Å². The van der Waals surface area contributed by atoms with Gasteiger partial charge in [0.15, 0.2) is 0 Å². The maximum atomic E-state index is 5.09. The van der Waals surface area contributed by atoms with Crippen LogP contribution in [0.25, 0.3) is 112 Å². The number of aromatic nitrogens is 10. The summed E-state index contributed by atoms with van der Waals surface area (Å²) in [7, 11) is 0. The van der Waals surface area contributed by atoms with Crippen LogP contribution in [0.15, 0.2) is 109 Å². The number of para-hydroxylation sites is 6. The zero-order chi connectivity index (χ0) is 31.3. The van der Waals surface area contributed by atoms with Crippen LogP contribution >= 0.6 is 0 Å². The summed E-state index contributed by atoms with van der Waals surface area (Å²) in [5.41, 5.74) is 15.1. The van der Waals surface area contributed by atoms with Crippen molar-refractivity contribution in [3.63, 3.8) is 0 Å². The first kappa shape index (κ1) is 27.8. The van der Waals surface area contributed by atoms with Crippen LogP contribution in [0, 0.1) is 0 Å². The summed E-state index contributed by atoms with van der Waals surface area (Å²) in [6, 6.07) is 35.6. The molecular weight excluding hydrogens is 703 g/mol. The van der Waals surface area contributed by atoms with Crippen molar-refractivity contribution in [2.24, 2.45) is 0 Å². The van der Waals surface area contributed by atoms with E-state index >= 15 is 0 Å². The van der Waals surface area contributed by atoms with Gasteiger partial charge in [-0.2, -0.15) is 0 Å². The van der Waals surface area contributed by atoms with E-state index in [4.69, 9.17) is 39.9 Å². The van der Waals surface area contributed by atoms with Crippen LogP contribution in [0.2, 0.25) is 0 Å². The number of hydrogen-bond donors (Lipinski definition) is 2. The summed E-state index contributed by atoms with van der Waals surface area (Å²) in [6.07, 6.45) is 0. The van der Waals surface area contributed by atoms with Gasteiger partial charge in [-0.25, -0.2) is 39.9 Å². The van der Waals surface area contributed by atoms with Gasteiger partial charge in [0.2, 0.25) is 0 Å². The molecular formula is C38H20N10Pd. The average molecular weight is 723 g/mol. The number of fused-ring (bicyclic) bond motifs is 20. The Hall–Kier alpha value is -6.28. The number of nitrogens with one attached hydrogen (secondary N) is 2. The Bertz CT molecular complexity index is 2840. The van der Waals surface area contributed by atoms with Crippen molar-refractivity contribution in [3.8, 4) is 45.6 Å². The number of aromatic amines is 2. The fraction of sp³-hybridized carbons (Fsp3) is 0. The van der Waals surface area contributed by atoms with Crippen molar-refractivity contribution in [2.75, 3.05) is 0 Å². The predicted octanol–water partition coefficient (Wildman–Crippen LogP) is 7.96. The van der Waals surface area contributed by atoms with Crippen LogP contribution < -0.4 is 0 Å². The van der Waals surface area contributed by atoms with Gasteiger partial charge >= 0.3 is 0 Å². The van der Waals surface area contributed by atoms with Gasteiger partial charge in [-0.05, 0) is 72.8 Å². The van der Waals surface area contributed by atoms with Crippen LogP contribution in [0.1, 0.15) is 0 Å². The number of rotatable bonds is 0. The second-order valence-electron chi connectivity index (χ2n) is 11.9. The fourth-order valence-electron chi connectivity index (χ4n) is 6.60. The van der Waals surface area contributed by atoms with E-state index in [0.29, 0.717) is 45.2 Å². The normalized spacial score (nSPS) is 11.9.